The second-order valence-electron chi connectivity index (χ2n) is 6.67. The van der Waals surface area contributed by atoms with Crippen LogP contribution in [0.5, 0.6) is 0 Å². The van der Waals surface area contributed by atoms with Crippen LogP contribution >= 0.6 is 0 Å². The van der Waals surface area contributed by atoms with E-state index in [1.807, 2.05) is 40.7 Å². The average molecular weight is 362 g/mol. The van der Waals surface area contributed by atoms with Crippen molar-refractivity contribution in [2.75, 3.05) is 10.8 Å². The molecule has 0 fully saturated rings. The molecular formula is C20H27NO3S. The summed E-state index contributed by atoms with van der Waals surface area (Å²) in [6.07, 6.45) is -0.775. The number of rotatable bonds is 5. The van der Waals surface area contributed by atoms with Crippen LogP contribution in [-0.2, 0) is 10.0 Å². The number of hydrogen-bond donors (Lipinski definition) is 1. The van der Waals surface area contributed by atoms with Gasteiger partial charge in [-0.15, -0.1) is 0 Å². The highest BCUT2D eigenvalue weighted by Crippen LogP contribution is 2.33. The summed E-state index contributed by atoms with van der Waals surface area (Å²) in [4.78, 5) is 0.345. The highest BCUT2D eigenvalue weighted by molar-refractivity contribution is 7.93. The lowest BCUT2D eigenvalue weighted by Gasteiger charge is -2.28. The first-order valence-electron chi connectivity index (χ1n) is 8.41. The molecule has 1 N–H and O–H groups in total. The van der Waals surface area contributed by atoms with Crippen LogP contribution in [0, 0.1) is 34.6 Å². The van der Waals surface area contributed by atoms with E-state index in [0.29, 0.717) is 10.6 Å². The fourth-order valence-corrected chi connectivity index (χ4v) is 5.25. The van der Waals surface area contributed by atoms with E-state index in [9.17, 15) is 13.5 Å². The fourth-order valence-electron chi connectivity index (χ4n) is 3.14. The Bertz CT molecular complexity index is 843. The number of nitrogens with zero attached hydrogens (tertiary/aromatic N) is 1. The topological polar surface area (TPSA) is 57.6 Å². The van der Waals surface area contributed by atoms with E-state index < -0.39 is 16.1 Å². The third-order valence-corrected chi connectivity index (χ3v) is 7.02. The largest absolute Gasteiger partial charge is 0.392 e. The zero-order chi connectivity index (χ0) is 18.9. The molecule has 0 heterocycles. The van der Waals surface area contributed by atoms with Crippen molar-refractivity contribution in [2.45, 2.75) is 52.5 Å². The number of hydrogen-bond acceptors (Lipinski definition) is 3. The molecule has 0 aliphatic heterocycles. The first-order chi connectivity index (χ1) is 11.6. The molecule has 25 heavy (non-hydrogen) atoms. The van der Waals surface area contributed by atoms with Crippen molar-refractivity contribution in [1.29, 1.82) is 0 Å². The molecule has 2 aromatic rings. The molecule has 4 nitrogen and oxygen atoms in total. The third kappa shape index (κ3) is 3.58. The number of benzene rings is 2. The van der Waals surface area contributed by atoms with Gasteiger partial charge in [0.25, 0.3) is 10.0 Å². The molecule has 136 valence electrons. The summed E-state index contributed by atoms with van der Waals surface area (Å²) < 4.78 is 28.4. The van der Waals surface area contributed by atoms with Crippen molar-refractivity contribution >= 4 is 15.7 Å². The van der Waals surface area contributed by atoms with Crippen molar-refractivity contribution in [3.05, 3.63) is 58.1 Å². The van der Waals surface area contributed by atoms with Gasteiger partial charge in [-0.25, -0.2) is 8.42 Å². The lowest BCUT2D eigenvalue weighted by molar-refractivity contribution is 0.204. The summed E-state index contributed by atoms with van der Waals surface area (Å²) >= 11 is 0. The number of sulfonamides is 1. The quantitative estimate of drug-likeness (QED) is 0.881. The Balaban J connectivity index is 2.75. The molecular weight excluding hydrogens is 334 g/mol. The minimum atomic E-state index is -3.80. The predicted octanol–water partition coefficient (Wildman–Crippen LogP) is 3.80. The number of aliphatic hydroxyl groups is 1. The molecule has 0 aliphatic rings. The van der Waals surface area contributed by atoms with Crippen LogP contribution < -0.4 is 4.31 Å². The molecule has 0 radical (unpaired) electrons. The molecule has 2 rings (SSSR count). The van der Waals surface area contributed by atoms with Gasteiger partial charge in [0.05, 0.1) is 23.2 Å². The van der Waals surface area contributed by atoms with E-state index in [0.717, 1.165) is 27.8 Å². The van der Waals surface area contributed by atoms with Gasteiger partial charge in [0.15, 0.2) is 0 Å². The monoisotopic (exact) mass is 361 g/mol. The predicted molar refractivity (Wildman–Crippen MR) is 103 cm³/mol. The van der Waals surface area contributed by atoms with Crippen molar-refractivity contribution in [3.63, 3.8) is 0 Å². The Kier molecular flexibility index (Phi) is 5.59. The molecule has 0 aromatic heterocycles. The van der Waals surface area contributed by atoms with Gasteiger partial charge < -0.3 is 5.11 Å². The highest BCUT2D eigenvalue weighted by Gasteiger charge is 2.31. The van der Waals surface area contributed by atoms with Crippen LogP contribution in [0.4, 0.5) is 5.69 Å². The third-order valence-electron chi connectivity index (χ3n) is 4.95. The number of para-hydroxylation sites is 1. The SMILES string of the molecule is Cc1c(C)c(C)c(S(=O)(=O)N(C[C@@H](C)O)c2ccccc2)c(C)c1C. The molecule has 0 aliphatic carbocycles. The zero-order valence-corrected chi connectivity index (χ0v) is 16.6. The van der Waals surface area contributed by atoms with E-state index in [1.54, 1.807) is 31.2 Å². The van der Waals surface area contributed by atoms with Crippen molar-refractivity contribution in [2.24, 2.45) is 0 Å². The van der Waals surface area contributed by atoms with Crippen molar-refractivity contribution in [1.82, 2.24) is 0 Å². The van der Waals surface area contributed by atoms with Gasteiger partial charge in [0.2, 0.25) is 0 Å². The standard InChI is InChI=1S/C20H27NO3S/c1-13(22)12-21(19-10-8-7-9-11-19)25(23,24)20-17(5)15(3)14(2)16(4)18(20)6/h7-11,13,22H,12H2,1-6H3/t13-/m1/s1. The first kappa shape index (κ1) is 19.5. The molecule has 0 amide bonds. The van der Waals surface area contributed by atoms with E-state index >= 15 is 0 Å². The molecule has 0 saturated heterocycles. The Morgan fingerprint density at radius 3 is 1.76 bits per heavy atom. The van der Waals surface area contributed by atoms with Gasteiger partial charge in [0, 0.05) is 0 Å². The first-order valence-corrected chi connectivity index (χ1v) is 9.85. The maximum atomic E-state index is 13.5. The maximum absolute atomic E-state index is 13.5. The van der Waals surface area contributed by atoms with Crippen LogP contribution in [-0.4, -0.2) is 26.2 Å². The van der Waals surface area contributed by atoms with Crippen LogP contribution in [0.3, 0.4) is 0 Å². The summed E-state index contributed by atoms with van der Waals surface area (Å²) in [7, 11) is -3.80. The molecule has 5 heteroatoms. The van der Waals surface area contributed by atoms with Gasteiger partial charge in [-0.1, -0.05) is 18.2 Å². The molecule has 0 unspecified atom stereocenters. The molecule has 2 aromatic carbocycles. The van der Waals surface area contributed by atoms with Crippen molar-refractivity contribution in [3.8, 4) is 0 Å². The Hall–Kier alpha value is -1.85. The summed E-state index contributed by atoms with van der Waals surface area (Å²) in [5.41, 5.74) is 5.20. The Labute approximate surface area is 151 Å². The van der Waals surface area contributed by atoms with Gasteiger partial charge in [-0.3, -0.25) is 4.31 Å². The van der Waals surface area contributed by atoms with Gasteiger partial charge in [0.1, 0.15) is 0 Å². The van der Waals surface area contributed by atoms with Gasteiger partial charge in [-0.05, 0) is 81.5 Å². The lowest BCUT2D eigenvalue weighted by atomic mass is 9.95. The van der Waals surface area contributed by atoms with Crippen LogP contribution in [0.2, 0.25) is 0 Å². The Morgan fingerprint density at radius 2 is 1.32 bits per heavy atom. The molecule has 0 bridgehead atoms. The molecule has 1 atom stereocenters. The maximum Gasteiger partial charge on any atom is 0.264 e. The van der Waals surface area contributed by atoms with Crippen molar-refractivity contribution < 1.29 is 13.5 Å². The average Bonchev–Trinajstić information content (AvgIpc) is 2.56. The summed E-state index contributed by atoms with van der Waals surface area (Å²) in [6.45, 7) is 11.2. The fraction of sp³-hybridized carbons (Fsp3) is 0.400. The van der Waals surface area contributed by atoms with Crippen LogP contribution in [0.25, 0.3) is 0 Å². The minimum absolute atomic E-state index is 0.0111. The second kappa shape index (κ2) is 7.18. The van der Waals surface area contributed by atoms with Crippen LogP contribution in [0.15, 0.2) is 35.2 Å². The summed E-state index contributed by atoms with van der Waals surface area (Å²) in [5.74, 6) is 0. The smallest absolute Gasteiger partial charge is 0.264 e. The summed E-state index contributed by atoms with van der Waals surface area (Å²) in [6, 6.07) is 8.93. The number of aliphatic hydroxyl groups excluding tert-OH is 1. The second-order valence-corrected chi connectivity index (χ2v) is 8.47. The van der Waals surface area contributed by atoms with E-state index in [4.69, 9.17) is 0 Å². The lowest BCUT2D eigenvalue weighted by Crippen LogP contribution is -2.37. The van der Waals surface area contributed by atoms with Crippen LogP contribution in [0.1, 0.15) is 34.7 Å². The number of anilines is 1. The molecule has 0 spiro atoms. The summed E-state index contributed by atoms with van der Waals surface area (Å²) in [5, 5.41) is 9.88. The highest BCUT2D eigenvalue weighted by atomic mass is 32.2. The zero-order valence-electron chi connectivity index (χ0n) is 15.8. The van der Waals surface area contributed by atoms with Gasteiger partial charge >= 0.3 is 0 Å². The van der Waals surface area contributed by atoms with Gasteiger partial charge in [-0.2, -0.15) is 0 Å². The minimum Gasteiger partial charge on any atom is -0.392 e. The molecule has 0 saturated carbocycles. The Morgan fingerprint density at radius 1 is 0.880 bits per heavy atom. The van der Waals surface area contributed by atoms with E-state index in [1.165, 1.54) is 4.31 Å². The normalized spacial score (nSPS) is 12.9. The van der Waals surface area contributed by atoms with E-state index in [-0.39, 0.29) is 6.54 Å². The van der Waals surface area contributed by atoms with E-state index in [2.05, 4.69) is 0 Å².